The van der Waals surface area contributed by atoms with Gasteiger partial charge in [0, 0.05) is 38.4 Å². The van der Waals surface area contributed by atoms with Gasteiger partial charge in [-0.2, -0.15) is 9.97 Å². The second-order valence-electron chi connectivity index (χ2n) is 4.84. The lowest BCUT2D eigenvalue weighted by molar-refractivity contribution is 0.312. The Labute approximate surface area is 122 Å². The lowest BCUT2D eigenvalue weighted by atomic mass is 10.3. The fourth-order valence-corrected chi connectivity index (χ4v) is 2.34. The van der Waals surface area contributed by atoms with E-state index in [1.54, 1.807) is 17.1 Å². The molecule has 0 saturated carbocycles. The molecule has 1 fully saturated rings. The van der Waals surface area contributed by atoms with E-state index < -0.39 is 0 Å². The van der Waals surface area contributed by atoms with E-state index in [2.05, 4.69) is 31.8 Å². The quantitative estimate of drug-likeness (QED) is 0.876. The van der Waals surface area contributed by atoms with Crippen LogP contribution in [-0.2, 0) is 0 Å². The number of hydrogen-bond donors (Lipinski definition) is 1. The first-order chi connectivity index (χ1) is 9.61. The molecular formula is C12H16ClN7. The Hall–Kier alpha value is -1.86. The molecule has 0 unspecified atom stereocenters. The molecule has 3 heterocycles. The van der Waals surface area contributed by atoms with Gasteiger partial charge in [-0.3, -0.25) is 4.57 Å². The number of anilines is 2. The number of nitrogens with zero attached hydrogens (tertiary/aromatic N) is 6. The molecule has 2 N–H and O–H groups in total. The highest BCUT2D eigenvalue weighted by Crippen LogP contribution is 2.19. The lowest BCUT2D eigenvalue weighted by Crippen LogP contribution is -2.44. The molecule has 0 radical (unpaired) electrons. The number of aromatic nitrogens is 4. The molecule has 2 aromatic heterocycles. The van der Waals surface area contributed by atoms with E-state index in [9.17, 15) is 0 Å². The second kappa shape index (κ2) is 5.26. The van der Waals surface area contributed by atoms with Crippen molar-refractivity contribution in [2.24, 2.45) is 0 Å². The van der Waals surface area contributed by atoms with Crippen LogP contribution in [0.25, 0.3) is 5.82 Å². The first-order valence-electron chi connectivity index (χ1n) is 6.40. The Bertz CT molecular complexity index is 604. The van der Waals surface area contributed by atoms with Crippen LogP contribution < -0.4 is 10.6 Å². The van der Waals surface area contributed by atoms with Gasteiger partial charge >= 0.3 is 0 Å². The highest BCUT2D eigenvalue weighted by molar-refractivity contribution is 6.29. The summed E-state index contributed by atoms with van der Waals surface area (Å²) >= 11 is 5.83. The largest absolute Gasteiger partial charge is 0.368 e. The van der Waals surface area contributed by atoms with Crippen molar-refractivity contribution >= 4 is 23.4 Å². The molecule has 1 aliphatic rings. The summed E-state index contributed by atoms with van der Waals surface area (Å²) < 4.78 is 1.74. The number of nitrogen functional groups attached to an aromatic ring is 1. The first-order valence-corrected chi connectivity index (χ1v) is 6.77. The van der Waals surface area contributed by atoms with E-state index in [4.69, 9.17) is 17.3 Å². The monoisotopic (exact) mass is 293 g/mol. The number of imidazole rings is 1. The van der Waals surface area contributed by atoms with Crippen molar-refractivity contribution in [3.63, 3.8) is 0 Å². The smallest absolute Gasteiger partial charge is 0.223 e. The SMILES string of the molecule is CN1CCN(c2cc(-n3cnc(Cl)c3)nc(N)n2)CC1. The molecule has 7 nitrogen and oxygen atoms in total. The predicted molar refractivity (Wildman–Crippen MR) is 78.3 cm³/mol. The standard InChI is InChI=1S/C12H16ClN7/c1-18-2-4-19(5-3-18)10-6-11(17-12(14)16-10)20-7-9(13)15-8-20/h6-8H,2-5H2,1H3,(H2,14,16,17). The minimum Gasteiger partial charge on any atom is -0.368 e. The van der Waals surface area contributed by atoms with Crippen molar-refractivity contribution in [2.45, 2.75) is 0 Å². The van der Waals surface area contributed by atoms with Gasteiger partial charge in [-0.1, -0.05) is 11.6 Å². The summed E-state index contributed by atoms with van der Waals surface area (Å²) in [5, 5.41) is 0.420. The molecule has 1 saturated heterocycles. The number of piperazine rings is 1. The van der Waals surface area contributed by atoms with E-state index >= 15 is 0 Å². The van der Waals surface area contributed by atoms with Gasteiger partial charge < -0.3 is 15.5 Å². The Morgan fingerprint density at radius 3 is 2.50 bits per heavy atom. The molecular weight excluding hydrogens is 278 g/mol. The van der Waals surface area contributed by atoms with E-state index in [-0.39, 0.29) is 5.95 Å². The maximum absolute atomic E-state index is 5.83. The van der Waals surface area contributed by atoms with Crippen LogP contribution in [0.15, 0.2) is 18.6 Å². The van der Waals surface area contributed by atoms with Crippen molar-refractivity contribution in [1.29, 1.82) is 0 Å². The molecule has 0 atom stereocenters. The van der Waals surface area contributed by atoms with Gasteiger partial charge in [0.2, 0.25) is 5.95 Å². The molecule has 0 bridgehead atoms. The predicted octanol–water partition coefficient (Wildman–Crippen LogP) is 0.650. The average Bonchev–Trinajstić information content (AvgIpc) is 2.85. The maximum atomic E-state index is 5.83. The summed E-state index contributed by atoms with van der Waals surface area (Å²) in [6, 6.07) is 1.90. The van der Waals surface area contributed by atoms with Crippen LogP contribution in [0, 0.1) is 0 Å². The zero-order valence-corrected chi connectivity index (χ0v) is 12.0. The van der Waals surface area contributed by atoms with Gasteiger partial charge in [-0.25, -0.2) is 4.98 Å². The van der Waals surface area contributed by atoms with Crippen molar-refractivity contribution in [3.05, 3.63) is 23.7 Å². The minimum absolute atomic E-state index is 0.251. The van der Waals surface area contributed by atoms with E-state index in [0.717, 1.165) is 32.0 Å². The molecule has 8 heteroatoms. The number of rotatable bonds is 2. The molecule has 2 aromatic rings. The van der Waals surface area contributed by atoms with Crippen LogP contribution in [0.5, 0.6) is 0 Å². The summed E-state index contributed by atoms with van der Waals surface area (Å²) in [4.78, 5) is 17.0. The van der Waals surface area contributed by atoms with Crippen LogP contribution in [-0.4, -0.2) is 57.6 Å². The van der Waals surface area contributed by atoms with Gasteiger partial charge in [0.1, 0.15) is 23.1 Å². The van der Waals surface area contributed by atoms with Gasteiger partial charge in [0.05, 0.1) is 0 Å². The minimum atomic E-state index is 0.251. The topological polar surface area (TPSA) is 76.1 Å². The fourth-order valence-electron chi connectivity index (χ4n) is 2.19. The molecule has 3 rings (SSSR count). The Kier molecular flexibility index (Phi) is 3.45. The Morgan fingerprint density at radius 2 is 1.85 bits per heavy atom. The summed E-state index contributed by atoms with van der Waals surface area (Å²) in [6.45, 7) is 3.88. The van der Waals surface area contributed by atoms with Crippen molar-refractivity contribution in [1.82, 2.24) is 24.4 Å². The average molecular weight is 294 g/mol. The highest BCUT2D eigenvalue weighted by atomic mass is 35.5. The molecule has 20 heavy (non-hydrogen) atoms. The number of halogens is 1. The summed E-state index contributed by atoms with van der Waals surface area (Å²) in [5.74, 6) is 1.76. The van der Waals surface area contributed by atoms with Crippen LogP contribution >= 0.6 is 11.6 Å². The second-order valence-corrected chi connectivity index (χ2v) is 5.22. The first kappa shape index (κ1) is 13.1. The third-order valence-electron chi connectivity index (χ3n) is 3.36. The number of hydrogen-bond acceptors (Lipinski definition) is 6. The lowest BCUT2D eigenvalue weighted by Gasteiger charge is -2.33. The zero-order chi connectivity index (χ0) is 14.1. The third kappa shape index (κ3) is 2.68. The number of likely N-dealkylation sites (N-methyl/N-ethyl adjacent to an activating group) is 1. The van der Waals surface area contributed by atoms with Crippen molar-refractivity contribution < 1.29 is 0 Å². The van der Waals surface area contributed by atoms with Crippen LogP contribution in [0.2, 0.25) is 5.15 Å². The van der Waals surface area contributed by atoms with Crippen molar-refractivity contribution in [3.8, 4) is 5.82 Å². The fraction of sp³-hybridized carbons (Fsp3) is 0.417. The molecule has 0 spiro atoms. The molecule has 0 aliphatic carbocycles. The normalized spacial score (nSPS) is 16.6. The Balaban J connectivity index is 1.90. The molecule has 0 aromatic carbocycles. The number of nitrogens with two attached hydrogens (primary N) is 1. The van der Waals surface area contributed by atoms with Crippen LogP contribution in [0.4, 0.5) is 11.8 Å². The summed E-state index contributed by atoms with van der Waals surface area (Å²) in [5.41, 5.74) is 5.81. The zero-order valence-electron chi connectivity index (χ0n) is 11.2. The molecule has 0 amide bonds. The maximum Gasteiger partial charge on any atom is 0.223 e. The van der Waals surface area contributed by atoms with Crippen LogP contribution in [0.1, 0.15) is 0 Å². The highest BCUT2D eigenvalue weighted by Gasteiger charge is 2.17. The third-order valence-corrected chi connectivity index (χ3v) is 3.55. The summed E-state index contributed by atoms with van der Waals surface area (Å²) in [6.07, 6.45) is 3.30. The molecule has 1 aliphatic heterocycles. The molecule has 106 valence electrons. The van der Waals surface area contributed by atoms with E-state index in [1.807, 2.05) is 6.07 Å². The Morgan fingerprint density at radius 1 is 1.15 bits per heavy atom. The van der Waals surface area contributed by atoms with Gasteiger partial charge in [-0.15, -0.1) is 0 Å². The van der Waals surface area contributed by atoms with E-state index in [0.29, 0.717) is 11.0 Å². The van der Waals surface area contributed by atoms with Gasteiger partial charge in [-0.05, 0) is 7.05 Å². The van der Waals surface area contributed by atoms with Gasteiger partial charge in [0.15, 0.2) is 0 Å². The summed E-state index contributed by atoms with van der Waals surface area (Å²) in [7, 11) is 2.12. The van der Waals surface area contributed by atoms with E-state index in [1.165, 1.54) is 0 Å². The van der Waals surface area contributed by atoms with Crippen LogP contribution in [0.3, 0.4) is 0 Å². The van der Waals surface area contributed by atoms with Gasteiger partial charge in [0.25, 0.3) is 0 Å². The van der Waals surface area contributed by atoms with Crippen molar-refractivity contribution in [2.75, 3.05) is 43.9 Å².